The second-order valence-electron chi connectivity index (χ2n) is 4.15. The van der Waals surface area contributed by atoms with Crippen molar-refractivity contribution in [2.45, 2.75) is 32.0 Å². The highest BCUT2D eigenvalue weighted by Gasteiger charge is 2.29. The smallest absolute Gasteiger partial charge is 0.124 e. The molecule has 16 heavy (non-hydrogen) atoms. The van der Waals surface area contributed by atoms with E-state index in [9.17, 15) is 9.50 Å². The van der Waals surface area contributed by atoms with Gasteiger partial charge < -0.3 is 9.84 Å². The first-order valence-electron chi connectivity index (χ1n) is 5.06. The lowest BCUT2D eigenvalue weighted by molar-refractivity contribution is -0.0715. The fraction of sp³-hybridized carbons (Fsp3) is 0.500. The number of rotatable bonds is 4. The quantitative estimate of drug-likeness (QED) is 0.885. The summed E-state index contributed by atoms with van der Waals surface area (Å²) in [5.74, 6) is -0.381. The standard InChI is InChI=1S/C12H16ClFO2/c1-8(16-3)12(2,15)7-9-4-5-10(14)6-11(9)13/h4-6,8,15H,7H2,1-3H3. The van der Waals surface area contributed by atoms with Crippen molar-refractivity contribution in [3.05, 3.63) is 34.6 Å². The molecule has 2 atom stereocenters. The summed E-state index contributed by atoms with van der Waals surface area (Å²) >= 11 is 5.89. The van der Waals surface area contributed by atoms with Gasteiger partial charge in [0.15, 0.2) is 0 Å². The normalized spacial score (nSPS) is 16.9. The summed E-state index contributed by atoms with van der Waals surface area (Å²) in [5.41, 5.74) is -0.326. The van der Waals surface area contributed by atoms with Crippen molar-refractivity contribution in [1.29, 1.82) is 0 Å². The third kappa shape index (κ3) is 3.17. The van der Waals surface area contributed by atoms with Gasteiger partial charge in [0.2, 0.25) is 0 Å². The Bertz CT molecular complexity index is 366. The second-order valence-corrected chi connectivity index (χ2v) is 4.55. The Morgan fingerprint density at radius 3 is 2.69 bits per heavy atom. The largest absolute Gasteiger partial charge is 0.387 e. The first-order valence-corrected chi connectivity index (χ1v) is 5.43. The molecule has 1 aromatic rings. The summed E-state index contributed by atoms with van der Waals surface area (Å²) < 4.78 is 17.9. The molecular formula is C12H16ClFO2. The monoisotopic (exact) mass is 246 g/mol. The van der Waals surface area contributed by atoms with Crippen LogP contribution in [0.25, 0.3) is 0 Å². The van der Waals surface area contributed by atoms with Crippen LogP contribution in [0, 0.1) is 5.82 Å². The van der Waals surface area contributed by atoms with Gasteiger partial charge in [-0.25, -0.2) is 4.39 Å². The van der Waals surface area contributed by atoms with E-state index in [1.165, 1.54) is 19.2 Å². The van der Waals surface area contributed by atoms with Gasteiger partial charge in [-0.15, -0.1) is 0 Å². The van der Waals surface area contributed by atoms with Crippen LogP contribution >= 0.6 is 11.6 Å². The number of aliphatic hydroxyl groups is 1. The van der Waals surface area contributed by atoms with Gasteiger partial charge in [0.1, 0.15) is 5.82 Å². The molecule has 0 aliphatic heterocycles. The van der Waals surface area contributed by atoms with Crippen molar-refractivity contribution < 1.29 is 14.2 Å². The Kier molecular flexibility index (Phi) is 4.30. The molecule has 0 amide bonds. The fourth-order valence-electron chi connectivity index (χ4n) is 1.45. The van der Waals surface area contributed by atoms with Gasteiger partial charge in [-0.3, -0.25) is 0 Å². The predicted octanol–water partition coefficient (Wildman–Crippen LogP) is 2.81. The molecule has 1 N–H and O–H groups in total. The molecule has 4 heteroatoms. The molecular weight excluding hydrogens is 231 g/mol. The lowest BCUT2D eigenvalue weighted by Crippen LogP contribution is -2.40. The third-order valence-corrected chi connectivity index (χ3v) is 3.14. The molecule has 2 nitrogen and oxygen atoms in total. The molecule has 0 aliphatic rings. The number of hydrogen-bond acceptors (Lipinski definition) is 2. The third-order valence-electron chi connectivity index (χ3n) is 2.79. The molecule has 0 fully saturated rings. The van der Waals surface area contributed by atoms with E-state index >= 15 is 0 Å². The molecule has 0 saturated carbocycles. The maximum Gasteiger partial charge on any atom is 0.124 e. The first kappa shape index (κ1) is 13.4. The van der Waals surface area contributed by atoms with Gasteiger partial charge in [0.25, 0.3) is 0 Å². The zero-order valence-corrected chi connectivity index (χ0v) is 10.4. The highest BCUT2D eigenvalue weighted by Crippen LogP contribution is 2.25. The van der Waals surface area contributed by atoms with Crippen molar-refractivity contribution >= 4 is 11.6 Å². The van der Waals surface area contributed by atoms with Gasteiger partial charge >= 0.3 is 0 Å². The van der Waals surface area contributed by atoms with Crippen molar-refractivity contribution in [2.75, 3.05) is 7.11 Å². The molecule has 0 radical (unpaired) electrons. The predicted molar refractivity (Wildman–Crippen MR) is 62.2 cm³/mol. The molecule has 0 aromatic heterocycles. The molecule has 90 valence electrons. The van der Waals surface area contributed by atoms with E-state index in [-0.39, 0.29) is 11.9 Å². The molecule has 0 saturated heterocycles. The second kappa shape index (κ2) is 5.13. The molecule has 0 spiro atoms. The molecule has 1 aromatic carbocycles. The maximum atomic E-state index is 12.8. The summed E-state index contributed by atoms with van der Waals surface area (Å²) in [6.45, 7) is 3.44. The van der Waals surface area contributed by atoms with E-state index in [2.05, 4.69) is 0 Å². The number of benzene rings is 1. The van der Waals surface area contributed by atoms with Crippen LogP contribution in [-0.4, -0.2) is 23.9 Å². The van der Waals surface area contributed by atoms with Crippen LogP contribution in [0.5, 0.6) is 0 Å². The fourth-order valence-corrected chi connectivity index (χ4v) is 1.68. The van der Waals surface area contributed by atoms with E-state index in [1.54, 1.807) is 19.9 Å². The summed E-state index contributed by atoms with van der Waals surface area (Å²) in [6, 6.07) is 4.15. The Labute approximate surface area is 100.0 Å². The molecule has 1 rings (SSSR count). The summed E-state index contributed by atoms with van der Waals surface area (Å²) in [5, 5.41) is 10.5. The van der Waals surface area contributed by atoms with Crippen molar-refractivity contribution in [1.82, 2.24) is 0 Å². The Morgan fingerprint density at radius 2 is 2.19 bits per heavy atom. The van der Waals surface area contributed by atoms with E-state index < -0.39 is 5.60 Å². The Morgan fingerprint density at radius 1 is 1.56 bits per heavy atom. The number of halogens is 2. The van der Waals surface area contributed by atoms with Crippen LogP contribution in [0.15, 0.2) is 18.2 Å². The minimum Gasteiger partial charge on any atom is -0.387 e. The lowest BCUT2D eigenvalue weighted by Gasteiger charge is -2.29. The van der Waals surface area contributed by atoms with Crippen molar-refractivity contribution in [3.63, 3.8) is 0 Å². The van der Waals surface area contributed by atoms with Crippen LogP contribution < -0.4 is 0 Å². The van der Waals surface area contributed by atoms with Crippen LogP contribution in [-0.2, 0) is 11.2 Å². The van der Waals surface area contributed by atoms with Crippen molar-refractivity contribution in [3.8, 4) is 0 Å². The van der Waals surface area contributed by atoms with Crippen LogP contribution in [0.1, 0.15) is 19.4 Å². The Hall–Kier alpha value is -0.640. The summed E-state index contributed by atoms with van der Waals surface area (Å²) in [6.07, 6.45) is -0.00480. The average Bonchev–Trinajstić information content (AvgIpc) is 2.21. The highest BCUT2D eigenvalue weighted by molar-refractivity contribution is 6.31. The summed E-state index contributed by atoms with van der Waals surface area (Å²) in [7, 11) is 1.53. The van der Waals surface area contributed by atoms with E-state index in [1.807, 2.05) is 0 Å². The van der Waals surface area contributed by atoms with E-state index in [0.29, 0.717) is 17.0 Å². The van der Waals surface area contributed by atoms with E-state index in [0.717, 1.165) is 0 Å². The lowest BCUT2D eigenvalue weighted by atomic mass is 9.91. The zero-order valence-electron chi connectivity index (χ0n) is 9.63. The van der Waals surface area contributed by atoms with Crippen molar-refractivity contribution in [2.24, 2.45) is 0 Å². The van der Waals surface area contributed by atoms with E-state index in [4.69, 9.17) is 16.3 Å². The van der Waals surface area contributed by atoms with Gasteiger partial charge in [0.05, 0.1) is 11.7 Å². The summed E-state index contributed by atoms with van der Waals surface area (Å²) in [4.78, 5) is 0. The van der Waals surface area contributed by atoms with Crippen LogP contribution in [0.2, 0.25) is 5.02 Å². The minimum absolute atomic E-state index is 0.321. The maximum absolute atomic E-state index is 12.8. The number of methoxy groups -OCH3 is 1. The van der Waals surface area contributed by atoms with Crippen LogP contribution in [0.3, 0.4) is 0 Å². The zero-order chi connectivity index (χ0) is 12.3. The first-order chi connectivity index (χ1) is 7.36. The van der Waals surface area contributed by atoms with Gasteiger partial charge in [0, 0.05) is 18.6 Å². The SMILES string of the molecule is COC(C)C(C)(O)Cc1ccc(F)cc1Cl. The number of ether oxygens (including phenoxy) is 1. The molecule has 0 bridgehead atoms. The highest BCUT2D eigenvalue weighted by atomic mass is 35.5. The average molecular weight is 247 g/mol. The number of hydrogen-bond donors (Lipinski definition) is 1. The van der Waals surface area contributed by atoms with Gasteiger partial charge in [-0.2, -0.15) is 0 Å². The molecule has 2 unspecified atom stereocenters. The van der Waals surface area contributed by atoms with Gasteiger partial charge in [-0.1, -0.05) is 17.7 Å². The molecule has 0 heterocycles. The topological polar surface area (TPSA) is 29.5 Å². The molecule has 0 aliphatic carbocycles. The minimum atomic E-state index is -1.03. The van der Waals surface area contributed by atoms with Gasteiger partial charge in [-0.05, 0) is 31.5 Å². The van der Waals surface area contributed by atoms with Crippen LogP contribution in [0.4, 0.5) is 4.39 Å². The Balaban J connectivity index is 2.87.